The lowest BCUT2D eigenvalue weighted by Gasteiger charge is -2.11. The zero-order valence-corrected chi connectivity index (χ0v) is 11.7. The number of benzene rings is 1. The van der Waals surface area contributed by atoms with Crippen LogP contribution < -0.4 is 0 Å². The highest BCUT2D eigenvalue weighted by Gasteiger charge is 2.37. The molecule has 0 aliphatic rings. The van der Waals surface area contributed by atoms with Crippen LogP contribution in [0.5, 0.6) is 0 Å². The van der Waals surface area contributed by atoms with E-state index in [4.69, 9.17) is 5.11 Å². The van der Waals surface area contributed by atoms with Crippen molar-refractivity contribution in [3.8, 4) is 0 Å². The summed E-state index contributed by atoms with van der Waals surface area (Å²) in [5.74, 6) is -2.96. The van der Waals surface area contributed by atoms with Gasteiger partial charge in [0.05, 0.1) is 5.75 Å². The first kappa shape index (κ1) is 16.1. The number of Topliss-reactive ketones (excluding diaryl/α,β-unsaturated/α-hetero) is 1. The lowest BCUT2D eigenvalue weighted by molar-refractivity contribution is -0.139. The largest absolute Gasteiger partial charge is 0.480 e. The van der Waals surface area contributed by atoms with Crippen molar-refractivity contribution in [3.05, 3.63) is 48.6 Å². The van der Waals surface area contributed by atoms with E-state index in [-0.39, 0.29) is 6.42 Å². The highest BCUT2D eigenvalue weighted by Crippen LogP contribution is 2.11. The van der Waals surface area contributed by atoms with Crippen LogP contribution in [0, 0.1) is 0 Å². The summed E-state index contributed by atoms with van der Waals surface area (Å²) in [6.45, 7) is 3.26. The Hall–Kier alpha value is -1.95. The normalized spacial score (nSPS) is 12.6. The molecule has 0 spiro atoms. The lowest BCUT2D eigenvalue weighted by atomic mass is 10.1. The van der Waals surface area contributed by atoms with Crippen LogP contribution in [-0.2, 0) is 25.8 Å². The van der Waals surface area contributed by atoms with Crippen molar-refractivity contribution >= 4 is 21.6 Å². The molecule has 0 heterocycles. The monoisotopic (exact) mass is 296 g/mol. The fraction of sp³-hybridized carbons (Fsp3) is 0.286. The number of carbonyl (C=O) groups is 2. The summed E-state index contributed by atoms with van der Waals surface area (Å²) in [4.78, 5) is 22.9. The van der Waals surface area contributed by atoms with E-state index in [9.17, 15) is 18.0 Å². The molecular weight excluding hydrogens is 280 g/mol. The summed E-state index contributed by atoms with van der Waals surface area (Å²) in [5, 5.41) is 6.96. The minimum Gasteiger partial charge on any atom is -0.480 e. The molecule has 0 amide bonds. The van der Waals surface area contributed by atoms with E-state index in [1.807, 2.05) is 6.07 Å². The van der Waals surface area contributed by atoms with E-state index in [0.29, 0.717) is 6.42 Å². The molecule has 6 heteroatoms. The van der Waals surface area contributed by atoms with Crippen LogP contribution in [-0.4, -0.2) is 36.3 Å². The molecular formula is C14H16O5S. The van der Waals surface area contributed by atoms with Crippen molar-refractivity contribution in [1.82, 2.24) is 0 Å². The molecule has 0 aliphatic carbocycles. The van der Waals surface area contributed by atoms with Gasteiger partial charge >= 0.3 is 5.97 Å². The molecule has 1 rings (SSSR count). The van der Waals surface area contributed by atoms with Gasteiger partial charge in [0.25, 0.3) is 0 Å². The Kier molecular flexibility index (Phi) is 5.64. The number of hydrogen-bond donors (Lipinski definition) is 1. The van der Waals surface area contributed by atoms with Gasteiger partial charge in [-0.1, -0.05) is 36.4 Å². The molecule has 5 nitrogen and oxygen atoms in total. The number of aliphatic carboxylic acids is 1. The summed E-state index contributed by atoms with van der Waals surface area (Å²) < 4.78 is 23.5. The Bertz CT molecular complexity index is 589. The number of carboxylic acid groups (broad SMARTS) is 1. The number of hydrogen-bond acceptors (Lipinski definition) is 4. The molecule has 20 heavy (non-hydrogen) atoms. The second-order valence-electron chi connectivity index (χ2n) is 4.29. The third-order valence-electron chi connectivity index (χ3n) is 2.73. The number of sulfone groups is 1. The van der Waals surface area contributed by atoms with E-state index in [1.165, 1.54) is 0 Å². The summed E-state index contributed by atoms with van der Waals surface area (Å²) in [6, 6.07) is 8.99. The average molecular weight is 296 g/mol. The molecule has 1 aromatic rings. The van der Waals surface area contributed by atoms with Crippen molar-refractivity contribution in [1.29, 1.82) is 0 Å². The Morgan fingerprint density at radius 1 is 1.25 bits per heavy atom. The maximum absolute atomic E-state index is 11.9. The van der Waals surface area contributed by atoms with Crippen LogP contribution in [0.4, 0.5) is 0 Å². The highest BCUT2D eigenvalue weighted by atomic mass is 32.2. The number of carboxylic acids is 1. The van der Waals surface area contributed by atoms with Crippen LogP contribution in [0.25, 0.3) is 0 Å². The van der Waals surface area contributed by atoms with Gasteiger partial charge in [-0.25, -0.2) is 8.42 Å². The molecule has 1 N–H and O–H groups in total. The minimum absolute atomic E-state index is 0.128. The quantitative estimate of drug-likeness (QED) is 0.576. The van der Waals surface area contributed by atoms with E-state index < -0.39 is 32.6 Å². The van der Waals surface area contributed by atoms with E-state index in [2.05, 4.69) is 6.58 Å². The zero-order valence-electron chi connectivity index (χ0n) is 10.9. The van der Waals surface area contributed by atoms with Crippen molar-refractivity contribution in [2.24, 2.45) is 0 Å². The summed E-state index contributed by atoms with van der Waals surface area (Å²) in [5.41, 5.74) is 0.853. The second-order valence-corrected chi connectivity index (χ2v) is 6.42. The Balaban J connectivity index is 2.81. The molecule has 0 bridgehead atoms. The maximum atomic E-state index is 11.9. The van der Waals surface area contributed by atoms with E-state index in [0.717, 1.165) is 11.6 Å². The second kappa shape index (κ2) is 7.00. The number of aryl methyl sites for hydroxylation is 1. The molecule has 0 saturated carbocycles. The van der Waals surface area contributed by atoms with Gasteiger partial charge in [-0.3, -0.25) is 9.59 Å². The molecule has 108 valence electrons. The predicted molar refractivity (Wildman–Crippen MR) is 75.2 cm³/mol. The van der Waals surface area contributed by atoms with Gasteiger partial charge in [-0.2, -0.15) is 0 Å². The maximum Gasteiger partial charge on any atom is 0.329 e. The predicted octanol–water partition coefficient (Wildman–Crippen LogP) is 1.24. The first-order valence-corrected chi connectivity index (χ1v) is 7.72. The smallest absolute Gasteiger partial charge is 0.329 e. The molecule has 0 fully saturated rings. The van der Waals surface area contributed by atoms with Crippen molar-refractivity contribution in [3.63, 3.8) is 0 Å². The highest BCUT2D eigenvalue weighted by molar-refractivity contribution is 7.93. The lowest BCUT2D eigenvalue weighted by Crippen LogP contribution is -2.39. The zero-order chi connectivity index (χ0) is 15.2. The summed E-state index contributed by atoms with van der Waals surface area (Å²) in [7, 11) is -4.04. The van der Waals surface area contributed by atoms with Crippen LogP contribution in [0.3, 0.4) is 0 Å². The average Bonchev–Trinajstić information content (AvgIpc) is 2.36. The molecule has 0 saturated heterocycles. The Morgan fingerprint density at radius 2 is 1.85 bits per heavy atom. The molecule has 0 radical (unpaired) electrons. The first-order chi connectivity index (χ1) is 9.38. The Labute approximate surface area is 117 Å². The van der Waals surface area contributed by atoms with Crippen LogP contribution in [0.15, 0.2) is 43.0 Å². The molecule has 0 aromatic heterocycles. The van der Waals surface area contributed by atoms with Crippen LogP contribution in [0.1, 0.15) is 12.0 Å². The fourth-order valence-electron chi connectivity index (χ4n) is 1.80. The first-order valence-electron chi connectivity index (χ1n) is 6.00. The van der Waals surface area contributed by atoms with Gasteiger partial charge in [0.2, 0.25) is 5.25 Å². The van der Waals surface area contributed by atoms with Gasteiger partial charge in [0.15, 0.2) is 15.6 Å². The number of carbonyl (C=O) groups excluding carboxylic acids is 1. The molecule has 0 aliphatic heterocycles. The van der Waals surface area contributed by atoms with Crippen molar-refractivity contribution < 1.29 is 23.1 Å². The SMILES string of the molecule is C=CCS(=O)(=O)C(C(=O)O)C(=O)CCc1ccccc1. The van der Waals surface area contributed by atoms with Crippen LogP contribution in [0.2, 0.25) is 0 Å². The Morgan fingerprint density at radius 3 is 2.35 bits per heavy atom. The van der Waals surface area contributed by atoms with E-state index >= 15 is 0 Å². The standard InChI is InChI=1S/C14H16O5S/c1-2-10-20(18,19)13(14(16)17)12(15)9-8-11-6-4-3-5-7-11/h2-7,13H,1,8-10H2,(H,16,17). The van der Waals surface area contributed by atoms with Gasteiger partial charge in [-0.15, -0.1) is 6.58 Å². The molecule has 1 aromatic carbocycles. The van der Waals surface area contributed by atoms with Gasteiger partial charge in [-0.05, 0) is 12.0 Å². The van der Waals surface area contributed by atoms with Crippen LogP contribution >= 0.6 is 0 Å². The fourth-order valence-corrected chi connectivity index (χ4v) is 3.14. The third-order valence-corrected chi connectivity index (χ3v) is 4.61. The summed E-state index contributed by atoms with van der Waals surface area (Å²) in [6.07, 6.45) is 1.26. The van der Waals surface area contributed by atoms with Gasteiger partial charge < -0.3 is 5.11 Å². The number of ketones is 1. The van der Waals surface area contributed by atoms with Crippen molar-refractivity contribution in [2.75, 3.05) is 5.75 Å². The van der Waals surface area contributed by atoms with Gasteiger partial charge in [0, 0.05) is 6.42 Å². The third kappa shape index (κ3) is 4.31. The van der Waals surface area contributed by atoms with Crippen molar-refractivity contribution in [2.45, 2.75) is 18.1 Å². The number of rotatable bonds is 8. The topological polar surface area (TPSA) is 88.5 Å². The minimum atomic E-state index is -4.04. The van der Waals surface area contributed by atoms with Gasteiger partial charge in [0.1, 0.15) is 0 Å². The molecule has 1 atom stereocenters. The van der Waals surface area contributed by atoms with E-state index in [1.54, 1.807) is 24.3 Å². The molecule has 1 unspecified atom stereocenters. The summed E-state index contributed by atoms with van der Waals surface area (Å²) >= 11 is 0.